The molecule has 0 unspecified atom stereocenters. The van der Waals surface area contributed by atoms with Gasteiger partial charge in [0.25, 0.3) is 10.1 Å². The van der Waals surface area contributed by atoms with Crippen LogP contribution in [0.1, 0.15) is 48.9 Å². The Kier molecular flexibility index (Phi) is 5.36. The van der Waals surface area contributed by atoms with Gasteiger partial charge < -0.3 is 4.74 Å². The number of ether oxygens (including phenoxy) is 1. The molecule has 1 aliphatic rings. The predicted molar refractivity (Wildman–Crippen MR) is 77.7 cm³/mol. The molecule has 0 heterocycles. The van der Waals surface area contributed by atoms with Crippen molar-refractivity contribution in [2.45, 2.75) is 43.4 Å². The zero-order chi connectivity index (χ0) is 15.3. The first-order valence-electron chi connectivity index (χ1n) is 7.21. The smallest absolute Gasteiger partial charge is 0.338 e. The van der Waals surface area contributed by atoms with Gasteiger partial charge in [0.15, 0.2) is 0 Å². The van der Waals surface area contributed by atoms with Crippen molar-refractivity contribution in [2.24, 2.45) is 5.92 Å². The fraction of sp³-hybridized carbons (Fsp3) is 0.533. The summed E-state index contributed by atoms with van der Waals surface area (Å²) in [4.78, 5) is 11.6. The Morgan fingerprint density at radius 3 is 2.33 bits per heavy atom. The monoisotopic (exact) mass is 312 g/mol. The average Bonchev–Trinajstić information content (AvgIpc) is 2.47. The Balaban J connectivity index is 1.83. The summed E-state index contributed by atoms with van der Waals surface area (Å²) in [6, 6.07) is 5.05. The molecule has 2 rings (SSSR count). The summed E-state index contributed by atoms with van der Waals surface area (Å²) in [5, 5.41) is 0. The molecular weight excluding hydrogens is 292 g/mol. The Morgan fingerprint density at radius 2 is 1.76 bits per heavy atom. The average molecular weight is 312 g/mol. The molecule has 5 nitrogen and oxygen atoms in total. The van der Waals surface area contributed by atoms with Crippen molar-refractivity contribution < 1.29 is 22.5 Å². The van der Waals surface area contributed by atoms with Crippen LogP contribution in [0.3, 0.4) is 0 Å². The standard InChI is InChI=1S/C15H20O5S/c16-15(20-11-10-12-4-2-1-3-5-12)13-6-8-14(9-7-13)21(17,18)19/h6-9,12H,1-5,10-11H2,(H,17,18,19). The van der Waals surface area contributed by atoms with E-state index in [-0.39, 0.29) is 10.5 Å². The van der Waals surface area contributed by atoms with E-state index < -0.39 is 16.1 Å². The van der Waals surface area contributed by atoms with Crippen molar-refractivity contribution in [3.63, 3.8) is 0 Å². The Hall–Kier alpha value is -1.40. The summed E-state index contributed by atoms with van der Waals surface area (Å²) >= 11 is 0. The van der Waals surface area contributed by atoms with Gasteiger partial charge in [0.05, 0.1) is 17.1 Å². The van der Waals surface area contributed by atoms with Crippen molar-refractivity contribution in [3.05, 3.63) is 29.8 Å². The molecule has 0 aliphatic heterocycles. The van der Waals surface area contributed by atoms with Gasteiger partial charge in [-0.05, 0) is 36.6 Å². The molecule has 0 atom stereocenters. The maximum absolute atomic E-state index is 11.8. The van der Waals surface area contributed by atoms with E-state index in [9.17, 15) is 13.2 Å². The highest BCUT2D eigenvalue weighted by molar-refractivity contribution is 7.85. The highest BCUT2D eigenvalue weighted by atomic mass is 32.2. The number of benzene rings is 1. The van der Waals surface area contributed by atoms with Crippen LogP contribution in [0.5, 0.6) is 0 Å². The third-order valence-electron chi connectivity index (χ3n) is 3.87. The summed E-state index contributed by atoms with van der Waals surface area (Å²) in [5.41, 5.74) is 0.283. The van der Waals surface area contributed by atoms with E-state index in [0.29, 0.717) is 12.5 Å². The summed E-state index contributed by atoms with van der Waals surface area (Å²) in [5.74, 6) is 0.182. The molecule has 0 radical (unpaired) electrons. The lowest BCUT2D eigenvalue weighted by atomic mass is 9.87. The van der Waals surface area contributed by atoms with Gasteiger partial charge in [-0.3, -0.25) is 4.55 Å². The molecule has 0 spiro atoms. The highest BCUT2D eigenvalue weighted by Gasteiger charge is 2.15. The van der Waals surface area contributed by atoms with Crippen LogP contribution in [0.15, 0.2) is 29.2 Å². The number of hydrogen-bond acceptors (Lipinski definition) is 4. The van der Waals surface area contributed by atoms with Crippen LogP contribution in [0.2, 0.25) is 0 Å². The van der Waals surface area contributed by atoms with Crippen molar-refractivity contribution in [1.29, 1.82) is 0 Å². The maximum Gasteiger partial charge on any atom is 0.338 e. The second-order valence-electron chi connectivity index (χ2n) is 5.43. The fourth-order valence-electron chi connectivity index (χ4n) is 2.64. The molecule has 0 bridgehead atoms. The fourth-order valence-corrected chi connectivity index (χ4v) is 3.12. The largest absolute Gasteiger partial charge is 0.462 e. The Bertz CT molecular complexity index is 571. The zero-order valence-corrected chi connectivity index (χ0v) is 12.6. The van der Waals surface area contributed by atoms with Gasteiger partial charge in [0.2, 0.25) is 0 Å². The van der Waals surface area contributed by atoms with Crippen molar-refractivity contribution in [2.75, 3.05) is 6.61 Å². The molecule has 0 saturated heterocycles. The van der Waals surface area contributed by atoms with Crippen molar-refractivity contribution >= 4 is 16.1 Å². The van der Waals surface area contributed by atoms with E-state index in [2.05, 4.69) is 0 Å². The number of carbonyl (C=O) groups is 1. The summed E-state index contributed by atoms with van der Waals surface area (Å²) in [7, 11) is -4.23. The molecule has 0 amide bonds. The Morgan fingerprint density at radius 1 is 1.14 bits per heavy atom. The van der Waals surface area contributed by atoms with Crippen LogP contribution in [0.25, 0.3) is 0 Å². The first-order chi connectivity index (χ1) is 9.97. The van der Waals surface area contributed by atoms with Gasteiger partial charge in [0, 0.05) is 0 Å². The molecular formula is C15H20O5S. The number of carbonyl (C=O) groups excluding carboxylic acids is 1. The van der Waals surface area contributed by atoms with Crippen molar-refractivity contribution in [3.8, 4) is 0 Å². The number of esters is 1. The van der Waals surface area contributed by atoms with Gasteiger partial charge in [-0.15, -0.1) is 0 Å². The molecule has 1 aromatic rings. The van der Waals surface area contributed by atoms with E-state index >= 15 is 0 Å². The number of hydrogen-bond donors (Lipinski definition) is 1. The minimum absolute atomic E-state index is 0.235. The molecule has 1 saturated carbocycles. The molecule has 21 heavy (non-hydrogen) atoms. The quantitative estimate of drug-likeness (QED) is 0.667. The minimum Gasteiger partial charge on any atom is -0.462 e. The molecule has 1 aromatic carbocycles. The zero-order valence-electron chi connectivity index (χ0n) is 11.8. The third-order valence-corrected chi connectivity index (χ3v) is 4.74. The molecule has 1 N–H and O–H groups in total. The summed E-state index contributed by atoms with van der Waals surface area (Å²) in [6.45, 7) is 0.392. The number of rotatable bonds is 5. The summed E-state index contributed by atoms with van der Waals surface area (Å²) in [6.07, 6.45) is 7.12. The van der Waals surface area contributed by atoms with Crippen LogP contribution < -0.4 is 0 Å². The van der Waals surface area contributed by atoms with Gasteiger partial charge >= 0.3 is 5.97 Å². The third kappa shape index (κ3) is 4.82. The van der Waals surface area contributed by atoms with Crippen LogP contribution in [0.4, 0.5) is 0 Å². The van der Waals surface area contributed by atoms with Crippen LogP contribution in [0, 0.1) is 5.92 Å². The lowest BCUT2D eigenvalue weighted by Gasteiger charge is -2.21. The molecule has 1 fully saturated rings. The van der Waals surface area contributed by atoms with E-state index in [1.165, 1.54) is 56.4 Å². The maximum atomic E-state index is 11.8. The van der Waals surface area contributed by atoms with Crippen molar-refractivity contribution in [1.82, 2.24) is 0 Å². The van der Waals surface area contributed by atoms with Gasteiger partial charge in [-0.1, -0.05) is 32.1 Å². The van der Waals surface area contributed by atoms with Crippen LogP contribution in [-0.2, 0) is 14.9 Å². The lowest BCUT2D eigenvalue weighted by Crippen LogP contribution is -2.12. The molecule has 0 aromatic heterocycles. The minimum atomic E-state index is -4.23. The van der Waals surface area contributed by atoms with Gasteiger partial charge in [-0.25, -0.2) is 4.79 Å². The van der Waals surface area contributed by atoms with Gasteiger partial charge in [0.1, 0.15) is 0 Å². The predicted octanol–water partition coefficient (Wildman–Crippen LogP) is 3.06. The first-order valence-corrected chi connectivity index (χ1v) is 8.65. The van der Waals surface area contributed by atoms with Crippen LogP contribution >= 0.6 is 0 Å². The van der Waals surface area contributed by atoms with E-state index in [1.807, 2.05) is 0 Å². The second kappa shape index (κ2) is 7.04. The highest BCUT2D eigenvalue weighted by Crippen LogP contribution is 2.26. The molecule has 6 heteroatoms. The first kappa shape index (κ1) is 16.0. The van der Waals surface area contributed by atoms with E-state index in [0.717, 1.165) is 6.42 Å². The molecule has 1 aliphatic carbocycles. The van der Waals surface area contributed by atoms with E-state index in [4.69, 9.17) is 9.29 Å². The summed E-state index contributed by atoms with van der Waals surface area (Å²) < 4.78 is 35.9. The topological polar surface area (TPSA) is 80.7 Å². The van der Waals surface area contributed by atoms with Gasteiger partial charge in [-0.2, -0.15) is 8.42 Å². The van der Waals surface area contributed by atoms with Crippen LogP contribution in [-0.4, -0.2) is 25.5 Å². The SMILES string of the molecule is O=C(OCCC1CCCCC1)c1ccc(S(=O)(=O)O)cc1. The normalized spacial score (nSPS) is 16.6. The second-order valence-corrected chi connectivity index (χ2v) is 6.85. The molecule has 116 valence electrons. The van der Waals surface area contributed by atoms with E-state index in [1.54, 1.807) is 0 Å². The lowest BCUT2D eigenvalue weighted by molar-refractivity contribution is 0.0474. The Labute approximate surface area is 125 Å².